The Morgan fingerprint density at radius 1 is 1.00 bits per heavy atom. The topological polar surface area (TPSA) is 73.5 Å². The van der Waals surface area contributed by atoms with E-state index in [2.05, 4.69) is 4.98 Å². The molecule has 1 N–H and O–H groups in total. The van der Waals surface area contributed by atoms with Gasteiger partial charge >= 0.3 is 0 Å². The minimum Gasteiger partial charge on any atom is -0.335 e. The van der Waals surface area contributed by atoms with Gasteiger partial charge in [0.25, 0.3) is 17.4 Å². The molecule has 0 bridgehead atoms. The SMILES string of the molecule is O=C(c1cc(Cl)ccc1F)N1CCN(C(=O)c2ccc[nH]c2=O)CC1. The van der Waals surface area contributed by atoms with Crippen molar-refractivity contribution in [3.63, 3.8) is 0 Å². The second-order valence-electron chi connectivity index (χ2n) is 5.62. The van der Waals surface area contributed by atoms with Crippen LogP contribution in [0.25, 0.3) is 0 Å². The first-order chi connectivity index (χ1) is 12.0. The zero-order chi connectivity index (χ0) is 18.0. The lowest BCUT2D eigenvalue weighted by molar-refractivity contribution is 0.0532. The highest BCUT2D eigenvalue weighted by atomic mass is 35.5. The molecule has 1 aromatic carbocycles. The van der Waals surface area contributed by atoms with Gasteiger partial charge in [-0.3, -0.25) is 14.4 Å². The molecule has 2 heterocycles. The van der Waals surface area contributed by atoms with Crippen molar-refractivity contribution in [2.24, 2.45) is 0 Å². The summed E-state index contributed by atoms with van der Waals surface area (Å²) in [5, 5.41) is 0.280. The highest BCUT2D eigenvalue weighted by Gasteiger charge is 2.27. The Morgan fingerprint density at radius 3 is 2.20 bits per heavy atom. The summed E-state index contributed by atoms with van der Waals surface area (Å²) in [6.07, 6.45) is 1.45. The van der Waals surface area contributed by atoms with Crippen molar-refractivity contribution in [2.75, 3.05) is 26.2 Å². The molecule has 130 valence electrons. The number of halogens is 2. The summed E-state index contributed by atoms with van der Waals surface area (Å²) in [5.74, 6) is -1.49. The fourth-order valence-corrected chi connectivity index (χ4v) is 2.88. The molecule has 0 spiro atoms. The summed E-state index contributed by atoms with van der Waals surface area (Å²) in [7, 11) is 0. The lowest BCUT2D eigenvalue weighted by Crippen LogP contribution is -2.51. The van der Waals surface area contributed by atoms with Crippen LogP contribution in [0.2, 0.25) is 5.02 Å². The molecule has 1 aromatic heterocycles. The van der Waals surface area contributed by atoms with Crippen LogP contribution in [-0.2, 0) is 0 Å². The van der Waals surface area contributed by atoms with E-state index in [4.69, 9.17) is 11.6 Å². The first-order valence-electron chi connectivity index (χ1n) is 7.68. The average Bonchev–Trinajstić information content (AvgIpc) is 2.63. The normalized spacial score (nSPS) is 14.5. The molecule has 6 nitrogen and oxygen atoms in total. The zero-order valence-electron chi connectivity index (χ0n) is 13.2. The van der Waals surface area contributed by atoms with E-state index in [-0.39, 0.29) is 48.2 Å². The Morgan fingerprint density at radius 2 is 1.60 bits per heavy atom. The van der Waals surface area contributed by atoms with Crippen LogP contribution in [-0.4, -0.2) is 52.8 Å². The van der Waals surface area contributed by atoms with Gasteiger partial charge in [-0.05, 0) is 30.3 Å². The fourth-order valence-electron chi connectivity index (χ4n) is 2.70. The van der Waals surface area contributed by atoms with Crippen LogP contribution in [0.5, 0.6) is 0 Å². The van der Waals surface area contributed by atoms with Crippen molar-refractivity contribution in [2.45, 2.75) is 0 Å². The molecule has 2 aromatic rings. The van der Waals surface area contributed by atoms with Gasteiger partial charge in [0, 0.05) is 37.4 Å². The number of rotatable bonds is 2. The molecular formula is C17H15ClFN3O3. The Bertz CT molecular complexity index is 875. The van der Waals surface area contributed by atoms with E-state index < -0.39 is 17.3 Å². The zero-order valence-corrected chi connectivity index (χ0v) is 13.9. The molecular weight excluding hydrogens is 349 g/mol. The molecule has 2 amide bonds. The van der Waals surface area contributed by atoms with Gasteiger partial charge in [0.15, 0.2) is 0 Å². The third-order valence-electron chi connectivity index (χ3n) is 4.06. The van der Waals surface area contributed by atoms with Crippen LogP contribution >= 0.6 is 11.6 Å². The van der Waals surface area contributed by atoms with Gasteiger partial charge in [-0.1, -0.05) is 11.6 Å². The Labute approximate surface area is 147 Å². The second-order valence-corrected chi connectivity index (χ2v) is 6.06. The summed E-state index contributed by atoms with van der Waals surface area (Å²) in [6, 6.07) is 6.86. The Balaban J connectivity index is 1.69. The van der Waals surface area contributed by atoms with Gasteiger partial charge in [-0.15, -0.1) is 0 Å². The Hall–Kier alpha value is -2.67. The number of carbonyl (C=O) groups is 2. The highest BCUT2D eigenvalue weighted by Crippen LogP contribution is 2.18. The molecule has 1 fully saturated rings. The van der Waals surface area contributed by atoms with Gasteiger partial charge in [0.05, 0.1) is 5.56 Å². The standard InChI is InChI=1S/C17H15ClFN3O3/c18-11-3-4-14(19)13(10-11)17(25)22-8-6-21(7-9-22)16(24)12-2-1-5-20-15(12)23/h1-5,10H,6-9H2,(H,20,23). The third-order valence-corrected chi connectivity index (χ3v) is 4.30. The number of piperazine rings is 1. The van der Waals surface area contributed by atoms with Gasteiger partial charge in [-0.2, -0.15) is 0 Å². The number of carbonyl (C=O) groups excluding carboxylic acids is 2. The van der Waals surface area contributed by atoms with Crippen molar-refractivity contribution < 1.29 is 14.0 Å². The van der Waals surface area contributed by atoms with Crippen molar-refractivity contribution >= 4 is 23.4 Å². The fraction of sp³-hybridized carbons (Fsp3) is 0.235. The van der Waals surface area contributed by atoms with Crippen molar-refractivity contribution in [1.29, 1.82) is 0 Å². The van der Waals surface area contributed by atoms with E-state index in [1.165, 1.54) is 34.2 Å². The molecule has 1 aliphatic rings. The van der Waals surface area contributed by atoms with E-state index in [1.807, 2.05) is 0 Å². The van der Waals surface area contributed by atoms with Crippen molar-refractivity contribution in [1.82, 2.24) is 14.8 Å². The molecule has 1 saturated heterocycles. The molecule has 3 rings (SSSR count). The van der Waals surface area contributed by atoms with Crippen molar-refractivity contribution in [3.05, 3.63) is 68.8 Å². The predicted octanol–water partition coefficient (Wildman–Crippen LogP) is 1.77. The molecule has 0 atom stereocenters. The highest BCUT2D eigenvalue weighted by molar-refractivity contribution is 6.31. The number of benzene rings is 1. The molecule has 1 aliphatic heterocycles. The van der Waals surface area contributed by atoms with Gasteiger partial charge < -0.3 is 14.8 Å². The number of aromatic amines is 1. The number of nitrogens with zero attached hydrogens (tertiary/aromatic N) is 2. The monoisotopic (exact) mass is 363 g/mol. The first kappa shape index (κ1) is 17.2. The van der Waals surface area contributed by atoms with Crippen molar-refractivity contribution in [3.8, 4) is 0 Å². The van der Waals surface area contributed by atoms with Crippen LogP contribution in [0.3, 0.4) is 0 Å². The number of hydrogen-bond acceptors (Lipinski definition) is 3. The average molecular weight is 364 g/mol. The summed E-state index contributed by atoms with van der Waals surface area (Å²) in [6.45, 7) is 1.03. The molecule has 0 saturated carbocycles. The summed E-state index contributed by atoms with van der Waals surface area (Å²) in [4.78, 5) is 42.0. The smallest absolute Gasteiger partial charge is 0.260 e. The first-order valence-corrected chi connectivity index (χ1v) is 8.06. The lowest BCUT2D eigenvalue weighted by Gasteiger charge is -2.34. The maximum Gasteiger partial charge on any atom is 0.260 e. The van der Waals surface area contributed by atoms with Crippen LogP contribution < -0.4 is 5.56 Å². The summed E-state index contributed by atoms with van der Waals surface area (Å²) in [5.41, 5.74) is -0.484. The van der Waals surface area contributed by atoms with E-state index in [0.717, 1.165) is 6.07 Å². The minimum atomic E-state index is -0.635. The maximum absolute atomic E-state index is 13.8. The van der Waals surface area contributed by atoms with Gasteiger partial charge in [0.2, 0.25) is 0 Å². The number of nitrogens with one attached hydrogen (secondary N) is 1. The van der Waals surface area contributed by atoms with E-state index in [9.17, 15) is 18.8 Å². The number of amides is 2. The van der Waals surface area contributed by atoms with Gasteiger partial charge in [-0.25, -0.2) is 4.39 Å². The molecule has 0 radical (unpaired) electrons. The lowest BCUT2D eigenvalue weighted by atomic mass is 10.1. The number of pyridine rings is 1. The van der Waals surface area contributed by atoms with E-state index >= 15 is 0 Å². The van der Waals surface area contributed by atoms with Crippen LogP contribution in [0.1, 0.15) is 20.7 Å². The largest absolute Gasteiger partial charge is 0.335 e. The number of H-pyrrole nitrogens is 1. The number of hydrogen-bond donors (Lipinski definition) is 1. The molecule has 25 heavy (non-hydrogen) atoms. The van der Waals surface area contributed by atoms with E-state index in [0.29, 0.717) is 0 Å². The quantitative estimate of drug-likeness (QED) is 0.883. The maximum atomic E-state index is 13.8. The predicted molar refractivity (Wildman–Crippen MR) is 90.3 cm³/mol. The summed E-state index contributed by atoms with van der Waals surface area (Å²) >= 11 is 5.82. The molecule has 0 aliphatic carbocycles. The third kappa shape index (κ3) is 3.56. The van der Waals surface area contributed by atoms with Gasteiger partial charge in [0.1, 0.15) is 11.4 Å². The van der Waals surface area contributed by atoms with E-state index in [1.54, 1.807) is 6.07 Å². The second kappa shape index (κ2) is 7.06. The Kier molecular flexibility index (Phi) is 4.85. The van der Waals surface area contributed by atoms with Crippen LogP contribution in [0, 0.1) is 5.82 Å². The number of aromatic nitrogens is 1. The summed E-state index contributed by atoms with van der Waals surface area (Å²) < 4.78 is 13.8. The molecule has 0 unspecified atom stereocenters. The van der Waals surface area contributed by atoms with Crippen LogP contribution in [0.15, 0.2) is 41.3 Å². The van der Waals surface area contributed by atoms with Crippen LogP contribution in [0.4, 0.5) is 4.39 Å². The molecule has 8 heteroatoms. The minimum absolute atomic E-state index is 0.0585.